The zero-order valence-electron chi connectivity index (χ0n) is 16.5. The van der Waals surface area contributed by atoms with Gasteiger partial charge < -0.3 is 10.0 Å². The van der Waals surface area contributed by atoms with Crippen LogP contribution in [0.5, 0.6) is 0 Å². The van der Waals surface area contributed by atoms with Crippen molar-refractivity contribution in [3.63, 3.8) is 0 Å². The molecule has 0 bridgehead atoms. The molecule has 6 nitrogen and oxygen atoms in total. The van der Waals surface area contributed by atoms with Gasteiger partial charge in [0.15, 0.2) is 0 Å². The van der Waals surface area contributed by atoms with Crippen LogP contribution in [0.4, 0.5) is 11.4 Å². The van der Waals surface area contributed by atoms with E-state index in [9.17, 15) is 10.1 Å². The van der Waals surface area contributed by atoms with Crippen LogP contribution in [0.1, 0.15) is 57.8 Å². The van der Waals surface area contributed by atoms with Gasteiger partial charge in [-0.2, -0.15) is 0 Å². The van der Waals surface area contributed by atoms with Crippen molar-refractivity contribution in [2.75, 3.05) is 44.2 Å². The molecule has 1 N–H and O–H groups in total. The van der Waals surface area contributed by atoms with E-state index in [4.69, 9.17) is 5.11 Å². The van der Waals surface area contributed by atoms with Crippen LogP contribution < -0.4 is 4.90 Å². The molecular weight excluding hydrogens is 342 g/mol. The molecule has 1 aromatic rings. The minimum atomic E-state index is -0.348. The molecule has 1 aliphatic heterocycles. The third-order valence-electron chi connectivity index (χ3n) is 5.43. The molecule has 0 aromatic heterocycles. The first-order valence-corrected chi connectivity index (χ1v) is 10.5. The van der Waals surface area contributed by atoms with Gasteiger partial charge in [-0.1, -0.05) is 44.9 Å². The largest absolute Gasteiger partial charge is 0.396 e. The van der Waals surface area contributed by atoms with E-state index >= 15 is 0 Å². The van der Waals surface area contributed by atoms with E-state index in [1.807, 2.05) is 12.1 Å². The van der Waals surface area contributed by atoms with Crippen molar-refractivity contribution in [1.29, 1.82) is 0 Å². The number of unbranched alkanes of at least 4 members (excludes halogenated alkanes) is 8. The topological polar surface area (TPSA) is 69.9 Å². The van der Waals surface area contributed by atoms with Crippen molar-refractivity contribution in [3.8, 4) is 0 Å². The predicted molar refractivity (Wildman–Crippen MR) is 110 cm³/mol. The molecule has 1 fully saturated rings. The number of hydrogen-bond donors (Lipinski definition) is 1. The summed E-state index contributed by atoms with van der Waals surface area (Å²) in [5, 5.41) is 19.5. The Morgan fingerprint density at radius 1 is 0.815 bits per heavy atom. The number of nitrogens with zero attached hydrogens (tertiary/aromatic N) is 3. The average Bonchev–Trinajstić information content (AvgIpc) is 2.70. The zero-order chi connectivity index (χ0) is 19.3. The molecule has 0 radical (unpaired) electrons. The Kier molecular flexibility index (Phi) is 10.2. The highest BCUT2D eigenvalue weighted by molar-refractivity contribution is 5.51. The summed E-state index contributed by atoms with van der Waals surface area (Å²) in [5.74, 6) is 0. The van der Waals surface area contributed by atoms with Crippen molar-refractivity contribution in [2.24, 2.45) is 0 Å². The SMILES string of the molecule is O=[N+]([O-])c1ccc(N2CCN(CCCCCCCCCCCO)CC2)cc1. The summed E-state index contributed by atoms with van der Waals surface area (Å²) in [6.45, 7) is 5.65. The minimum absolute atomic E-state index is 0.155. The summed E-state index contributed by atoms with van der Waals surface area (Å²) < 4.78 is 0. The molecule has 0 saturated carbocycles. The first kappa shape index (κ1) is 21.6. The summed E-state index contributed by atoms with van der Waals surface area (Å²) in [6.07, 6.45) is 11.3. The lowest BCUT2D eigenvalue weighted by atomic mass is 10.1. The lowest BCUT2D eigenvalue weighted by Crippen LogP contribution is -2.46. The standard InChI is InChI=1S/C21H35N3O3/c25-19-9-7-5-3-1-2-4-6-8-14-22-15-17-23(18-16-22)20-10-12-21(13-11-20)24(26)27/h10-13,25H,1-9,14-19H2. The van der Waals surface area contributed by atoms with Crippen LogP contribution in [-0.4, -0.2) is 54.3 Å². The highest BCUT2D eigenvalue weighted by Crippen LogP contribution is 2.20. The molecule has 1 aromatic carbocycles. The molecular formula is C21H35N3O3. The number of benzene rings is 1. The molecule has 0 atom stereocenters. The monoisotopic (exact) mass is 377 g/mol. The van der Waals surface area contributed by atoms with E-state index < -0.39 is 0 Å². The Bertz CT molecular complexity index is 528. The zero-order valence-corrected chi connectivity index (χ0v) is 16.5. The summed E-state index contributed by atoms with van der Waals surface area (Å²) in [4.78, 5) is 15.3. The Morgan fingerprint density at radius 3 is 1.85 bits per heavy atom. The van der Waals surface area contributed by atoms with Crippen LogP contribution in [0, 0.1) is 10.1 Å². The maximum absolute atomic E-state index is 10.7. The third-order valence-corrected chi connectivity index (χ3v) is 5.43. The molecule has 1 saturated heterocycles. The van der Waals surface area contributed by atoms with E-state index in [1.54, 1.807) is 12.1 Å². The number of rotatable bonds is 13. The summed E-state index contributed by atoms with van der Waals surface area (Å²) >= 11 is 0. The molecule has 0 unspecified atom stereocenters. The van der Waals surface area contributed by atoms with E-state index in [1.165, 1.54) is 57.9 Å². The van der Waals surface area contributed by atoms with Crippen LogP contribution in [0.2, 0.25) is 0 Å². The quantitative estimate of drug-likeness (QED) is 0.317. The Morgan fingerprint density at radius 2 is 1.33 bits per heavy atom. The van der Waals surface area contributed by atoms with Crippen LogP contribution in [0.15, 0.2) is 24.3 Å². The average molecular weight is 378 g/mol. The van der Waals surface area contributed by atoms with Crippen molar-refractivity contribution in [3.05, 3.63) is 34.4 Å². The molecule has 27 heavy (non-hydrogen) atoms. The second-order valence-electron chi connectivity index (χ2n) is 7.51. The van der Waals surface area contributed by atoms with Crippen molar-refractivity contribution < 1.29 is 10.0 Å². The Hall–Kier alpha value is -1.66. The molecule has 1 aliphatic rings. The number of aliphatic hydroxyl groups excluding tert-OH is 1. The fraction of sp³-hybridized carbons (Fsp3) is 0.714. The number of nitro groups is 1. The molecule has 0 spiro atoms. The highest BCUT2D eigenvalue weighted by Gasteiger charge is 2.17. The second-order valence-corrected chi connectivity index (χ2v) is 7.51. The van der Waals surface area contributed by atoms with Gasteiger partial charge in [0.1, 0.15) is 0 Å². The Balaban J connectivity index is 1.50. The molecule has 2 rings (SSSR count). The van der Waals surface area contributed by atoms with Gasteiger partial charge in [0.25, 0.3) is 5.69 Å². The third kappa shape index (κ3) is 8.26. The van der Waals surface area contributed by atoms with Gasteiger partial charge >= 0.3 is 0 Å². The predicted octanol–water partition coefficient (Wildman–Crippen LogP) is 4.22. The summed E-state index contributed by atoms with van der Waals surface area (Å²) in [7, 11) is 0. The number of hydrogen-bond acceptors (Lipinski definition) is 5. The van der Waals surface area contributed by atoms with Gasteiger partial charge in [-0.05, 0) is 31.5 Å². The van der Waals surface area contributed by atoms with Gasteiger partial charge in [-0.25, -0.2) is 0 Å². The minimum Gasteiger partial charge on any atom is -0.396 e. The number of non-ortho nitro benzene ring substituents is 1. The number of piperazine rings is 1. The van der Waals surface area contributed by atoms with Gasteiger partial charge in [-0.3, -0.25) is 15.0 Å². The van der Waals surface area contributed by atoms with Gasteiger partial charge in [0.05, 0.1) is 4.92 Å². The summed E-state index contributed by atoms with van der Waals surface area (Å²) in [5.41, 5.74) is 1.24. The fourth-order valence-corrected chi connectivity index (χ4v) is 3.70. The van der Waals surface area contributed by atoms with Crippen LogP contribution >= 0.6 is 0 Å². The second kappa shape index (κ2) is 12.7. The van der Waals surface area contributed by atoms with E-state index in [0.717, 1.165) is 38.3 Å². The summed E-state index contributed by atoms with van der Waals surface area (Å²) in [6, 6.07) is 6.90. The molecule has 6 heteroatoms. The molecule has 0 aliphatic carbocycles. The molecule has 0 amide bonds. The maximum Gasteiger partial charge on any atom is 0.269 e. The Labute approximate surface area is 163 Å². The van der Waals surface area contributed by atoms with E-state index in [-0.39, 0.29) is 10.6 Å². The van der Waals surface area contributed by atoms with Gasteiger partial charge in [0.2, 0.25) is 0 Å². The van der Waals surface area contributed by atoms with Crippen molar-refractivity contribution >= 4 is 11.4 Å². The van der Waals surface area contributed by atoms with Gasteiger partial charge in [0, 0.05) is 50.6 Å². The molecule has 1 heterocycles. The highest BCUT2D eigenvalue weighted by atomic mass is 16.6. The normalized spacial score (nSPS) is 15.2. The number of nitro benzene ring substituents is 1. The number of anilines is 1. The smallest absolute Gasteiger partial charge is 0.269 e. The van der Waals surface area contributed by atoms with Gasteiger partial charge in [-0.15, -0.1) is 0 Å². The lowest BCUT2D eigenvalue weighted by Gasteiger charge is -2.36. The first-order valence-electron chi connectivity index (χ1n) is 10.5. The van der Waals surface area contributed by atoms with Crippen molar-refractivity contribution in [1.82, 2.24) is 4.90 Å². The first-order chi connectivity index (χ1) is 13.2. The van der Waals surface area contributed by atoms with Crippen LogP contribution in [-0.2, 0) is 0 Å². The lowest BCUT2D eigenvalue weighted by molar-refractivity contribution is -0.384. The van der Waals surface area contributed by atoms with E-state index in [2.05, 4.69) is 9.80 Å². The fourth-order valence-electron chi connectivity index (χ4n) is 3.70. The van der Waals surface area contributed by atoms with E-state index in [0.29, 0.717) is 6.61 Å². The van der Waals surface area contributed by atoms with Crippen LogP contribution in [0.3, 0.4) is 0 Å². The van der Waals surface area contributed by atoms with Crippen LogP contribution in [0.25, 0.3) is 0 Å². The maximum atomic E-state index is 10.7. The van der Waals surface area contributed by atoms with Crippen molar-refractivity contribution in [2.45, 2.75) is 57.8 Å². The molecule has 152 valence electrons. The number of aliphatic hydroxyl groups is 1.